The monoisotopic (exact) mass is 429 g/mol. The fraction of sp³-hybridized carbons (Fsp3) is 0.381. The summed E-state index contributed by atoms with van der Waals surface area (Å²) in [6.07, 6.45) is 1.22. The number of ether oxygens (including phenoxy) is 3. The molecule has 0 fully saturated rings. The van der Waals surface area contributed by atoms with Crippen LogP contribution in [-0.2, 0) is 11.3 Å². The summed E-state index contributed by atoms with van der Waals surface area (Å²) in [5.41, 5.74) is 0.482. The molecule has 1 aliphatic heterocycles. The van der Waals surface area contributed by atoms with Crippen LogP contribution in [0.25, 0.3) is 10.2 Å². The number of fused-ring (bicyclic) bond motifs is 2. The first kappa shape index (κ1) is 20.4. The number of hydrogen-bond acceptors (Lipinski definition) is 7. The van der Waals surface area contributed by atoms with E-state index in [1.165, 1.54) is 22.2 Å². The molecule has 0 saturated heterocycles. The van der Waals surface area contributed by atoms with Crippen molar-refractivity contribution in [2.75, 3.05) is 26.4 Å². The summed E-state index contributed by atoms with van der Waals surface area (Å²) < 4.78 is 18.4. The third kappa shape index (κ3) is 4.03. The highest BCUT2D eigenvalue weighted by Gasteiger charge is 2.23. The van der Waals surface area contributed by atoms with Crippen LogP contribution in [0.15, 0.2) is 35.4 Å². The van der Waals surface area contributed by atoms with Crippen molar-refractivity contribution in [3.8, 4) is 11.5 Å². The number of aryl methyl sites for hydroxylation is 1. The second kappa shape index (κ2) is 8.85. The summed E-state index contributed by atoms with van der Waals surface area (Å²) in [4.78, 5) is 31.0. The number of nitrogens with zero attached hydrogens (tertiary/aromatic N) is 2. The molecule has 4 rings (SSSR count). The van der Waals surface area contributed by atoms with E-state index in [-0.39, 0.29) is 17.6 Å². The molecule has 0 radical (unpaired) electrons. The van der Waals surface area contributed by atoms with E-state index in [1.54, 1.807) is 6.92 Å². The van der Waals surface area contributed by atoms with Crippen molar-refractivity contribution in [1.29, 1.82) is 0 Å². The molecule has 1 amide bonds. The van der Waals surface area contributed by atoms with Crippen LogP contribution < -0.4 is 20.3 Å². The molecule has 0 bridgehead atoms. The van der Waals surface area contributed by atoms with Gasteiger partial charge in [0.1, 0.15) is 17.5 Å². The minimum atomic E-state index is -0.285. The first-order valence-electron chi connectivity index (χ1n) is 9.81. The van der Waals surface area contributed by atoms with Gasteiger partial charge in [-0.05, 0) is 31.5 Å². The van der Waals surface area contributed by atoms with Gasteiger partial charge in [-0.3, -0.25) is 14.2 Å². The zero-order chi connectivity index (χ0) is 21.1. The molecule has 2 aromatic heterocycles. The highest BCUT2D eigenvalue weighted by atomic mass is 32.1. The molecule has 3 heterocycles. The van der Waals surface area contributed by atoms with Crippen molar-refractivity contribution >= 4 is 27.5 Å². The summed E-state index contributed by atoms with van der Waals surface area (Å²) in [7, 11) is 0. The molecule has 0 saturated carbocycles. The Balaban J connectivity index is 1.46. The normalized spacial score (nSPS) is 15.3. The molecule has 1 unspecified atom stereocenters. The molecule has 0 spiro atoms. The highest BCUT2D eigenvalue weighted by Crippen LogP contribution is 2.31. The number of nitrogens with one attached hydrogen (secondary N) is 1. The van der Waals surface area contributed by atoms with E-state index in [2.05, 4.69) is 10.3 Å². The predicted molar refractivity (Wildman–Crippen MR) is 114 cm³/mol. The van der Waals surface area contributed by atoms with Crippen LogP contribution in [0.3, 0.4) is 0 Å². The second-order valence-electron chi connectivity index (χ2n) is 6.88. The SMILES string of the molecule is CCOCCn1cnc2sc(C(=O)NCC3COc4ccccc4O3)c(C)c2c1=O. The summed E-state index contributed by atoms with van der Waals surface area (Å²) in [6, 6.07) is 7.44. The van der Waals surface area contributed by atoms with Crippen LogP contribution in [0.5, 0.6) is 11.5 Å². The predicted octanol–water partition coefficient (Wildman–Crippen LogP) is 2.37. The van der Waals surface area contributed by atoms with E-state index >= 15 is 0 Å². The Bertz CT molecular complexity index is 1120. The first-order chi connectivity index (χ1) is 14.6. The van der Waals surface area contributed by atoms with Crippen LogP contribution in [0.2, 0.25) is 0 Å². The number of carbonyl (C=O) groups is 1. The molecule has 158 valence electrons. The molecule has 8 nitrogen and oxygen atoms in total. The van der Waals surface area contributed by atoms with Crippen molar-refractivity contribution in [3.05, 3.63) is 51.4 Å². The number of para-hydroxylation sites is 2. The Morgan fingerprint density at radius 1 is 1.37 bits per heavy atom. The molecule has 1 atom stereocenters. The molecular weight excluding hydrogens is 406 g/mol. The van der Waals surface area contributed by atoms with E-state index in [4.69, 9.17) is 14.2 Å². The topological polar surface area (TPSA) is 91.7 Å². The number of benzene rings is 1. The van der Waals surface area contributed by atoms with Gasteiger partial charge in [0, 0.05) is 6.61 Å². The second-order valence-corrected chi connectivity index (χ2v) is 7.88. The summed E-state index contributed by atoms with van der Waals surface area (Å²) >= 11 is 1.22. The lowest BCUT2D eigenvalue weighted by molar-refractivity contribution is 0.0791. The van der Waals surface area contributed by atoms with Gasteiger partial charge in [0.2, 0.25) is 0 Å². The fourth-order valence-electron chi connectivity index (χ4n) is 3.29. The van der Waals surface area contributed by atoms with Crippen molar-refractivity contribution in [3.63, 3.8) is 0 Å². The molecule has 0 aliphatic carbocycles. The van der Waals surface area contributed by atoms with Crippen LogP contribution in [0, 0.1) is 6.92 Å². The van der Waals surface area contributed by atoms with Crippen molar-refractivity contribution in [2.24, 2.45) is 0 Å². The minimum Gasteiger partial charge on any atom is -0.486 e. The summed E-state index contributed by atoms with van der Waals surface area (Å²) in [5.74, 6) is 1.11. The number of aromatic nitrogens is 2. The average molecular weight is 429 g/mol. The lowest BCUT2D eigenvalue weighted by Crippen LogP contribution is -2.40. The number of hydrogen-bond donors (Lipinski definition) is 1. The van der Waals surface area contributed by atoms with E-state index in [9.17, 15) is 9.59 Å². The van der Waals surface area contributed by atoms with Gasteiger partial charge in [-0.25, -0.2) is 4.98 Å². The Morgan fingerprint density at radius 2 is 2.17 bits per heavy atom. The molecule has 1 aromatic carbocycles. The average Bonchev–Trinajstić information content (AvgIpc) is 3.11. The van der Waals surface area contributed by atoms with Gasteiger partial charge in [-0.1, -0.05) is 12.1 Å². The number of rotatable bonds is 7. The lowest BCUT2D eigenvalue weighted by Gasteiger charge is -2.26. The van der Waals surface area contributed by atoms with Gasteiger partial charge in [0.05, 0.1) is 36.3 Å². The van der Waals surface area contributed by atoms with E-state index in [0.29, 0.717) is 65.1 Å². The molecule has 30 heavy (non-hydrogen) atoms. The van der Waals surface area contributed by atoms with Crippen LogP contribution >= 0.6 is 11.3 Å². The van der Waals surface area contributed by atoms with Crippen molar-refractivity contribution in [2.45, 2.75) is 26.5 Å². The third-order valence-corrected chi connectivity index (χ3v) is 6.06. The maximum Gasteiger partial charge on any atom is 0.262 e. The van der Waals surface area contributed by atoms with Crippen LogP contribution in [-0.4, -0.2) is 47.9 Å². The maximum atomic E-state index is 12.8. The molecule has 3 aromatic rings. The smallest absolute Gasteiger partial charge is 0.262 e. The zero-order valence-corrected chi connectivity index (χ0v) is 17.7. The largest absolute Gasteiger partial charge is 0.486 e. The van der Waals surface area contributed by atoms with Gasteiger partial charge < -0.3 is 19.5 Å². The fourth-order valence-corrected chi connectivity index (χ4v) is 4.35. The lowest BCUT2D eigenvalue weighted by atomic mass is 10.2. The Kier molecular flexibility index (Phi) is 6.01. The molecule has 1 aliphatic rings. The van der Waals surface area contributed by atoms with E-state index in [1.807, 2.05) is 31.2 Å². The van der Waals surface area contributed by atoms with Crippen LogP contribution in [0.1, 0.15) is 22.2 Å². The quantitative estimate of drug-likeness (QED) is 0.580. The van der Waals surface area contributed by atoms with Gasteiger partial charge >= 0.3 is 0 Å². The number of amides is 1. The summed E-state index contributed by atoms with van der Waals surface area (Å²) in [6.45, 7) is 5.79. The number of thiophene rings is 1. The standard InChI is InChI=1S/C21H23N3O5S/c1-3-27-9-8-24-12-23-20-17(21(24)26)13(2)18(30-20)19(25)22-10-14-11-28-15-6-4-5-7-16(15)29-14/h4-7,12,14H,3,8-11H2,1-2H3,(H,22,25). The van der Waals surface area contributed by atoms with E-state index in [0.717, 1.165) is 0 Å². The molecule has 1 N–H and O–H groups in total. The van der Waals surface area contributed by atoms with Gasteiger partial charge in [-0.2, -0.15) is 0 Å². The van der Waals surface area contributed by atoms with Crippen LogP contribution in [0.4, 0.5) is 0 Å². The molecule has 9 heteroatoms. The Labute approximate surface area is 177 Å². The maximum absolute atomic E-state index is 12.8. The minimum absolute atomic E-state index is 0.159. The highest BCUT2D eigenvalue weighted by molar-refractivity contribution is 7.20. The Morgan fingerprint density at radius 3 is 2.97 bits per heavy atom. The van der Waals surface area contributed by atoms with Crippen molar-refractivity contribution < 1.29 is 19.0 Å². The summed E-state index contributed by atoms with van der Waals surface area (Å²) in [5, 5.41) is 3.37. The molecular formula is C21H23N3O5S. The van der Waals surface area contributed by atoms with E-state index < -0.39 is 0 Å². The third-order valence-electron chi connectivity index (χ3n) is 4.86. The first-order valence-corrected chi connectivity index (χ1v) is 10.6. The van der Waals surface area contributed by atoms with Gasteiger partial charge in [-0.15, -0.1) is 11.3 Å². The van der Waals surface area contributed by atoms with Crippen molar-refractivity contribution in [1.82, 2.24) is 14.9 Å². The number of carbonyl (C=O) groups excluding carboxylic acids is 1. The van der Waals surface area contributed by atoms with Gasteiger partial charge in [0.15, 0.2) is 11.5 Å². The van der Waals surface area contributed by atoms with Gasteiger partial charge in [0.25, 0.3) is 11.5 Å². The Hall–Kier alpha value is -2.91. The zero-order valence-electron chi connectivity index (χ0n) is 16.8.